The van der Waals surface area contributed by atoms with Gasteiger partial charge in [-0.1, -0.05) is 6.07 Å². The molecule has 0 aliphatic rings. The molecule has 0 unspecified atom stereocenters. The van der Waals surface area contributed by atoms with Gasteiger partial charge in [0.15, 0.2) is 0 Å². The molecule has 84 valence electrons. The van der Waals surface area contributed by atoms with E-state index in [4.69, 9.17) is 0 Å². The molecule has 1 rings (SSSR count). The van der Waals surface area contributed by atoms with Gasteiger partial charge in [-0.3, -0.25) is 0 Å². The third kappa shape index (κ3) is 3.56. The van der Waals surface area contributed by atoms with Crippen molar-refractivity contribution in [1.82, 2.24) is 5.32 Å². The molecule has 2 nitrogen and oxygen atoms in total. The van der Waals surface area contributed by atoms with Gasteiger partial charge in [0.1, 0.15) is 0 Å². The van der Waals surface area contributed by atoms with E-state index in [1.54, 1.807) is 0 Å². The average Bonchev–Trinajstić information content (AvgIpc) is 2.20. The second-order valence-corrected chi connectivity index (χ2v) is 4.14. The number of aryl methyl sites for hydroxylation is 3. The van der Waals surface area contributed by atoms with E-state index in [9.17, 15) is 0 Å². The number of hydrogen-bond acceptors (Lipinski definition) is 2. The molecule has 0 amide bonds. The molecule has 0 aliphatic heterocycles. The molecule has 0 aromatic heterocycles. The maximum atomic E-state index is 3.48. The molecule has 0 spiro atoms. The predicted octanol–water partition coefficient (Wildman–Crippen LogP) is 2.63. The van der Waals surface area contributed by atoms with Crippen LogP contribution in [0, 0.1) is 20.8 Å². The van der Waals surface area contributed by atoms with Crippen molar-refractivity contribution in [2.24, 2.45) is 0 Å². The van der Waals surface area contributed by atoms with Crippen molar-refractivity contribution in [3.63, 3.8) is 0 Å². The molecule has 2 N–H and O–H groups in total. The van der Waals surface area contributed by atoms with Gasteiger partial charge in [-0.2, -0.15) is 0 Å². The number of anilines is 1. The fourth-order valence-corrected chi connectivity index (χ4v) is 1.64. The Morgan fingerprint density at radius 3 is 2.27 bits per heavy atom. The second kappa shape index (κ2) is 5.76. The molecule has 1 aromatic rings. The number of nitrogens with one attached hydrogen (secondary N) is 2. The predicted molar refractivity (Wildman–Crippen MR) is 67.7 cm³/mol. The lowest BCUT2D eigenvalue weighted by Gasteiger charge is -2.12. The number of rotatable bonds is 5. The molecule has 2 heteroatoms. The molecule has 15 heavy (non-hydrogen) atoms. The monoisotopic (exact) mass is 206 g/mol. The van der Waals surface area contributed by atoms with Crippen molar-refractivity contribution < 1.29 is 0 Å². The summed E-state index contributed by atoms with van der Waals surface area (Å²) in [7, 11) is 1.99. The first-order valence-electron chi connectivity index (χ1n) is 5.61. The van der Waals surface area contributed by atoms with E-state index >= 15 is 0 Å². The molecule has 0 radical (unpaired) electrons. The standard InChI is InChI=1S/C13H22N2/c1-10-8-12(3)13(9-11(10)2)15-7-5-6-14-4/h8-9,14-15H,5-7H2,1-4H3. The third-order valence-electron chi connectivity index (χ3n) is 2.76. The Labute approximate surface area is 93.1 Å². The number of benzene rings is 1. The maximum Gasteiger partial charge on any atom is 0.0372 e. The minimum absolute atomic E-state index is 1.03. The average molecular weight is 206 g/mol. The lowest BCUT2D eigenvalue weighted by atomic mass is 10.0. The van der Waals surface area contributed by atoms with E-state index in [0.29, 0.717) is 0 Å². The molecule has 1 aromatic carbocycles. The van der Waals surface area contributed by atoms with E-state index in [1.165, 1.54) is 22.4 Å². The van der Waals surface area contributed by atoms with Crippen molar-refractivity contribution in [2.75, 3.05) is 25.5 Å². The highest BCUT2D eigenvalue weighted by atomic mass is 14.9. The fourth-order valence-electron chi connectivity index (χ4n) is 1.64. The summed E-state index contributed by atoms with van der Waals surface area (Å²) in [6.07, 6.45) is 1.16. The minimum atomic E-state index is 1.03. The van der Waals surface area contributed by atoms with Gasteiger partial charge in [0.05, 0.1) is 0 Å². The zero-order valence-corrected chi connectivity index (χ0v) is 10.3. The Balaban J connectivity index is 2.57. The Bertz CT molecular complexity index is 319. The summed E-state index contributed by atoms with van der Waals surface area (Å²) in [6, 6.07) is 4.49. The lowest BCUT2D eigenvalue weighted by molar-refractivity contribution is 0.748. The topological polar surface area (TPSA) is 24.1 Å². The van der Waals surface area contributed by atoms with Crippen molar-refractivity contribution in [2.45, 2.75) is 27.2 Å². The summed E-state index contributed by atoms with van der Waals surface area (Å²) in [4.78, 5) is 0. The van der Waals surface area contributed by atoms with E-state index in [0.717, 1.165) is 19.5 Å². The highest BCUT2D eigenvalue weighted by molar-refractivity contribution is 5.54. The van der Waals surface area contributed by atoms with Crippen LogP contribution in [0.25, 0.3) is 0 Å². The van der Waals surface area contributed by atoms with Gasteiger partial charge in [0.2, 0.25) is 0 Å². The van der Waals surface area contributed by atoms with E-state index in [1.807, 2.05) is 7.05 Å². The molecular formula is C13H22N2. The summed E-state index contributed by atoms with van der Waals surface area (Å²) in [6.45, 7) is 8.58. The maximum absolute atomic E-state index is 3.48. The van der Waals surface area contributed by atoms with Gasteiger partial charge < -0.3 is 10.6 Å². The largest absolute Gasteiger partial charge is 0.385 e. The van der Waals surface area contributed by atoms with Crippen molar-refractivity contribution >= 4 is 5.69 Å². The van der Waals surface area contributed by atoms with Crippen LogP contribution in [0.5, 0.6) is 0 Å². The van der Waals surface area contributed by atoms with Gasteiger partial charge in [-0.15, -0.1) is 0 Å². The van der Waals surface area contributed by atoms with Crippen LogP contribution in [0.15, 0.2) is 12.1 Å². The quantitative estimate of drug-likeness (QED) is 0.724. The molecule has 0 saturated carbocycles. The Morgan fingerprint density at radius 1 is 0.933 bits per heavy atom. The minimum Gasteiger partial charge on any atom is -0.385 e. The number of hydrogen-bond donors (Lipinski definition) is 2. The highest BCUT2D eigenvalue weighted by Gasteiger charge is 2.00. The molecule has 0 heterocycles. The highest BCUT2D eigenvalue weighted by Crippen LogP contribution is 2.19. The van der Waals surface area contributed by atoms with Crippen LogP contribution >= 0.6 is 0 Å². The zero-order valence-electron chi connectivity index (χ0n) is 10.3. The third-order valence-corrected chi connectivity index (χ3v) is 2.76. The van der Waals surface area contributed by atoms with Crippen molar-refractivity contribution in [3.8, 4) is 0 Å². The first kappa shape index (κ1) is 12.1. The molecule has 0 aliphatic carbocycles. The van der Waals surface area contributed by atoms with Crippen LogP contribution in [0.3, 0.4) is 0 Å². The molecule has 0 bridgehead atoms. The van der Waals surface area contributed by atoms with Crippen LogP contribution in [-0.4, -0.2) is 20.1 Å². The van der Waals surface area contributed by atoms with Crippen molar-refractivity contribution in [3.05, 3.63) is 28.8 Å². The molecule has 0 saturated heterocycles. The van der Waals surface area contributed by atoms with Gasteiger partial charge >= 0.3 is 0 Å². The van der Waals surface area contributed by atoms with E-state index < -0.39 is 0 Å². The smallest absolute Gasteiger partial charge is 0.0372 e. The van der Waals surface area contributed by atoms with Crippen LogP contribution < -0.4 is 10.6 Å². The SMILES string of the molecule is CNCCCNc1cc(C)c(C)cc1C. The summed E-state index contributed by atoms with van der Waals surface area (Å²) >= 11 is 0. The van der Waals surface area contributed by atoms with Crippen LogP contribution in [0.1, 0.15) is 23.1 Å². The van der Waals surface area contributed by atoms with E-state index in [2.05, 4.69) is 43.5 Å². The van der Waals surface area contributed by atoms with Gasteiger partial charge in [0.25, 0.3) is 0 Å². The van der Waals surface area contributed by atoms with Crippen LogP contribution in [-0.2, 0) is 0 Å². The van der Waals surface area contributed by atoms with E-state index in [-0.39, 0.29) is 0 Å². The first-order valence-corrected chi connectivity index (χ1v) is 5.61. The van der Waals surface area contributed by atoms with Gasteiger partial charge in [0, 0.05) is 12.2 Å². The second-order valence-electron chi connectivity index (χ2n) is 4.14. The van der Waals surface area contributed by atoms with Crippen LogP contribution in [0.4, 0.5) is 5.69 Å². The summed E-state index contributed by atoms with van der Waals surface area (Å²) < 4.78 is 0. The van der Waals surface area contributed by atoms with Gasteiger partial charge in [-0.05, 0) is 63.5 Å². The van der Waals surface area contributed by atoms with Gasteiger partial charge in [-0.25, -0.2) is 0 Å². The Kier molecular flexibility index (Phi) is 4.63. The Hall–Kier alpha value is -1.02. The summed E-state index contributed by atoms with van der Waals surface area (Å²) in [5.74, 6) is 0. The van der Waals surface area contributed by atoms with Crippen LogP contribution in [0.2, 0.25) is 0 Å². The zero-order chi connectivity index (χ0) is 11.3. The molecular weight excluding hydrogens is 184 g/mol. The summed E-state index contributed by atoms with van der Waals surface area (Å²) in [5, 5.41) is 6.62. The normalized spacial score (nSPS) is 10.4. The molecule has 0 fully saturated rings. The molecule has 0 atom stereocenters. The van der Waals surface area contributed by atoms with Crippen molar-refractivity contribution in [1.29, 1.82) is 0 Å². The Morgan fingerprint density at radius 2 is 1.60 bits per heavy atom. The fraction of sp³-hybridized carbons (Fsp3) is 0.538. The lowest BCUT2D eigenvalue weighted by Crippen LogP contribution is -2.13. The first-order chi connectivity index (χ1) is 7.15. The summed E-state index contributed by atoms with van der Waals surface area (Å²) in [5.41, 5.74) is 5.33.